The van der Waals surface area contributed by atoms with Gasteiger partial charge in [-0.1, -0.05) is 26.3 Å². The van der Waals surface area contributed by atoms with Crippen molar-refractivity contribution < 1.29 is 9.90 Å². The molecule has 0 heterocycles. The molecule has 0 saturated carbocycles. The number of ketones is 1. The molecule has 0 aromatic heterocycles. The highest BCUT2D eigenvalue weighted by Crippen LogP contribution is 2.44. The summed E-state index contributed by atoms with van der Waals surface area (Å²) in [5.74, 6) is 0.615. The molecule has 1 N–H and O–H groups in total. The molecule has 0 saturated heterocycles. The van der Waals surface area contributed by atoms with Crippen molar-refractivity contribution in [3.63, 3.8) is 0 Å². The molecular weight excluding hydrogens is 176 g/mol. The first-order chi connectivity index (χ1) is 6.41. The highest BCUT2D eigenvalue weighted by Gasteiger charge is 2.41. The molecular formula is C12H20O2. The van der Waals surface area contributed by atoms with Gasteiger partial charge >= 0.3 is 0 Å². The van der Waals surface area contributed by atoms with Crippen LogP contribution in [0.5, 0.6) is 0 Å². The van der Waals surface area contributed by atoms with E-state index in [1.54, 1.807) is 6.08 Å². The zero-order valence-corrected chi connectivity index (χ0v) is 9.50. The molecule has 2 atom stereocenters. The van der Waals surface area contributed by atoms with Gasteiger partial charge in [-0.25, -0.2) is 0 Å². The van der Waals surface area contributed by atoms with Crippen LogP contribution in [0.2, 0.25) is 0 Å². The monoisotopic (exact) mass is 196 g/mol. The highest BCUT2D eigenvalue weighted by atomic mass is 16.3. The first-order valence-electron chi connectivity index (χ1n) is 5.24. The molecule has 0 amide bonds. The van der Waals surface area contributed by atoms with Crippen LogP contribution < -0.4 is 0 Å². The molecule has 0 spiro atoms. The molecule has 0 radical (unpaired) electrons. The molecule has 2 nitrogen and oxygen atoms in total. The Balaban J connectivity index is 3.02. The Morgan fingerprint density at radius 2 is 2.07 bits per heavy atom. The van der Waals surface area contributed by atoms with Gasteiger partial charge in [0.2, 0.25) is 0 Å². The van der Waals surface area contributed by atoms with E-state index in [1.807, 2.05) is 13.8 Å². The maximum absolute atomic E-state index is 11.6. The first-order valence-corrected chi connectivity index (χ1v) is 5.24. The molecule has 1 unspecified atom stereocenters. The van der Waals surface area contributed by atoms with E-state index < -0.39 is 0 Å². The van der Waals surface area contributed by atoms with Crippen LogP contribution in [0.25, 0.3) is 0 Å². The number of carbonyl (C=O) groups is 1. The number of aliphatic hydroxyl groups is 1. The summed E-state index contributed by atoms with van der Waals surface area (Å²) >= 11 is 0. The number of hydrogen-bond acceptors (Lipinski definition) is 2. The van der Waals surface area contributed by atoms with Crippen molar-refractivity contribution in [3.05, 3.63) is 11.6 Å². The van der Waals surface area contributed by atoms with Gasteiger partial charge in [0.05, 0.1) is 0 Å². The maximum Gasteiger partial charge on any atom is 0.158 e. The first kappa shape index (κ1) is 11.4. The van der Waals surface area contributed by atoms with Crippen LogP contribution in [0.1, 0.15) is 34.1 Å². The lowest BCUT2D eigenvalue weighted by Gasteiger charge is -2.42. The van der Waals surface area contributed by atoms with Gasteiger partial charge in [-0.15, -0.1) is 0 Å². The predicted molar refractivity (Wildman–Crippen MR) is 56.9 cm³/mol. The molecule has 0 aromatic carbocycles. The molecule has 0 aliphatic heterocycles. The summed E-state index contributed by atoms with van der Waals surface area (Å²) < 4.78 is 0. The van der Waals surface area contributed by atoms with Crippen molar-refractivity contribution in [3.8, 4) is 0 Å². The molecule has 1 aliphatic carbocycles. The van der Waals surface area contributed by atoms with E-state index in [2.05, 4.69) is 13.8 Å². The Hall–Kier alpha value is -0.630. The van der Waals surface area contributed by atoms with Gasteiger partial charge < -0.3 is 5.11 Å². The van der Waals surface area contributed by atoms with E-state index in [9.17, 15) is 4.79 Å². The van der Waals surface area contributed by atoms with Crippen LogP contribution in [0.15, 0.2) is 11.6 Å². The fourth-order valence-electron chi connectivity index (χ4n) is 2.43. The van der Waals surface area contributed by atoms with Crippen molar-refractivity contribution in [2.75, 3.05) is 6.61 Å². The predicted octanol–water partition coefficient (Wildman–Crippen LogP) is 2.18. The molecule has 1 rings (SSSR count). The largest absolute Gasteiger partial charge is 0.396 e. The third-order valence-corrected chi connectivity index (χ3v) is 3.78. The van der Waals surface area contributed by atoms with E-state index in [0.29, 0.717) is 5.92 Å². The van der Waals surface area contributed by atoms with Gasteiger partial charge in [-0.3, -0.25) is 4.79 Å². The van der Waals surface area contributed by atoms with Crippen molar-refractivity contribution in [1.29, 1.82) is 0 Å². The van der Waals surface area contributed by atoms with Crippen molar-refractivity contribution in [2.45, 2.75) is 34.1 Å². The lowest BCUT2D eigenvalue weighted by molar-refractivity contribution is -0.123. The fourth-order valence-corrected chi connectivity index (χ4v) is 2.43. The number of rotatable bonds is 2. The minimum absolute atomic E-state index is 0.0291. The van der Waals surface area contributed by atoms with E-state index in [1.165, 1.54) is 0 Å². The molecule has 1 aliphatic rings. The van der Waals surface area contributed by atoms with Crippen LogP contribution in [0.3, 0.4) is 0 Å². The van der Waals surface area contributed by atoms with Gasteiger partial charge in [0.25, 0.3) is 0 Å². The summed E-state index contributed by atoms with van der Waals surface area (Å²) in [7, 11) is 0. The minimum atomic E-state index is -0.0291. The van der Waals surface area contributed by atoms with Gasteiger partial charge in [0, 0.05) is 12.5 Å². The molecule has 0 fully saturated rings. The smallest absolute Gasteiger partial charge is 0.158 e. The van der Waals surface area contributed by atoms with Gasteiger partial charge in [-0.05, 0) is 30.8 Å². The van der Waals surface area contributed by atoms with Crippen LogP contribution in [-0.4, -0.2) is 17.5 Å². The summed E-state index contributed by atoms with van der Waals surface area (Å²) in [6, 6.07) is 0. The Morgan fingerprint density at radius 3 is 2.57 bits per heavy atom. The third kappa shape index (κ3) is 1.76. The van der Waals surface area contributed by atoms with E-state index in [4.69, 9.17) is 5.11 Å². The zero-order valence-electron chi connectivity index (χ0n) is 9.50. The highest BCUT2D eigenvalue weighted by molar-refractivity contribution is 5.93. The van der Waals surface area contributed by atoms with Crippen LogP contribution >= 0.6 is 0 Å². The zero-order chi connectivity index (χ0) is 10.9. The molecule has 2 heteroatoms. The molecule has 80 valence electrons. The summed E-state index contributed by atoms with van der Waals surface area (Å²) in [6.45, 7) is 8.40. The third-order valence-electron chi connectivity index (χ3n) is 3.78. The van der Waals surface area contributed by atoms with Crippen LogP contribution in [0.4, 0.5) is 0 Å². The second kappa shape index (κ2) is 3.85. The Labute approximate surface area is 86.0 Å². The number of carbonyl (C=O) groups excluding carboxylic acids is 1. The van der Waals surface area contributed by atoms with E-state index in [0.717, 1.165) is 12.0 Å². The van der Waals surface area contributed by atoms with Crippen molar-refractivity contribution in [1.82, 2.24) is 0 Å². The van der Waals surface area contributed by atoms with Crippen LogP contribution in [-0.2, 0) is 4.79 Å². The number of hydrogen-bond donors (Lipinski definition) is 1. The summed E-state index contributed by atoms with van der Waals surface area (Å²) in [4.78, 5) is 11.6. The summed E-state index contributed by atoms with van der Waals surface area (Å²) in [6.07, 6.45) is 2.50. The van der Waals surface area contributed by atoms with E-state index in [-0.39, 0.29) is 23.7 Å². The molecule has 14 heavy (non-hydrogen) atoms. The fraction of sp³-hybridized carbons (Fsp3) is 0.750. The van der Waals surface area contributed by atoms with Gasteiger partial charge in [0.1, 0.15) is 0 Å². The Kier molecular flexibility index (Phi) is 3.15. The molecule has 0 aromatic rings. The second-order valence-electron chi connectivity index (χ2n) is 4.90. The summed E-state index contributed by atoms with van der Waals surface area (Å²) in [5, 5.41) is 9.01. The maximum atomic E-state index is 11.6. The number of allylic oxidation sites excluding steroid dienone is 2. The topological polar surface area (TPSA) is 37.3 Å². The minimum Gasteiger partial charge on any atom is -0.396 e. The Bertz CT molecular complexity index is 263. The number of aliphatic hydroxyl groups excluding tert-OH is 1. The van der Waals surface area contributed by atoms with Crippen molar-refractivity contribution >= 4 is 5.78 Å². The lowest BCUT2D eigenvalue weighted by Crippen LogP contribution is -2.39. The molecule has 0 bridgehead atoms. The quantitative estimate of drug-likeness (QED) is 0.735. The van der Waals surface area contributed by atoms with Gasteiger partial charge in [0.15, 0.2) is 5.78 Å². The normalized spacial score (nSPS) is 31.5. The standard InChI is InChI=1S/C12H20O2/c1-8-7-11(14)9(2)12(3,4)10(8)5-6-13/h7,9-10,13H,5-6H2,1-4H3/t9-,10?/m1/s1. The van der Waals surface area contributed by atoms with Crippen molar-refractivity contribution in [2.24, 2.45) is 17.3 Å². The second-order valence-corrected chi connectivity index (χ2v) is 4.90. The average molecular weight is 196 g/mol. The van der Waals surface area contributed by atoms with Crippen LogP contribution in [0, 0.1) is 17.3 Å². The lowest BCUT2D eigenvalue weighted by atomic mass is 9.62. The van der Waals surface area contributed by atoms with Gasteiger partial charge in [-0.2, -0.15) is 0 Å². The average Bonchev–Trinajstić information content (AvgIpc) is 2.10. The SMILES string of the molecule is CC1=CC(=O)[C@@H](C)C(C)(C)C1CCO. The summed E-state index contributed by atoms with van der Waals surface area (Å²) in [5.41, 5.74) is 1.09. The van der Waals surface area contributed by atoms with E-state index >= 15 is 0 Å². The Morgan fingerprint density at radius 1 is 1.50 bits per heavy atom.